The van der Waals surface area contributed by atoms with E-state index in [4.69, 9.17) is 23.7 Å². The summed E-state index contributed by atoms with van der Waals surface area (Å²) < 4.78 is 26.9. The lowest BCUT2D eigenvalue weighted by atomic mass is 9.70. The zero-order valence-corrected chi connectivity index (χ0v) is 19.0. The van der Waals surface area contributed by atoms with Gasteiger partial charge >= 0.3 is 5.97 Å². The molecule has 1 aliphatic rings. The van der Waals surface area contributed by atoms with Crippen LogP contribution in [0, 0.1) is 5.41 Å². The van der Waals surface area contributed by atoms with Crippen LogP contribution < -0.4 is 24.3 Å². The molecule has 1 aliphatic heterocycles. The summed E-state index contributed by atoms with van der Waals surface area (Å²) in [6, 6.07) is 10.8. The molecule has 2 atom stereocenters. The van der Waals surface area contributed by atoms with Gasteiger partial charge in [0.1, 0.15) is 0 Å². The van der Waals surface area contributed by atoms with E-state index >= 15 is 0 Å². The van der Waals surface area contributed by atoms with Crippen LogP contribution in [0.3, 0.4) is 0 Å². The number of amides is 1. The van der Waals surface area contributed by atoms with Crippen molar-refractivity contribution in [3.8, 4) is 23.0 Å². The van der Waals surface area contributed by atoms with Gasteiger partial charge in [0, 0.05) is 12.5 Å². The van der Waals surface area contributed by atoms with Crippen molar-refractivity contribution in [1.29, 1.82) is 0 Å². The molecule has 8 nitrogen and oxygen atoms in total. The van der Waals surface area contributed by atoms with Gasteiger partial charge in [0.15, 0.2) is 28.4 Å². The number of hydrogen-bond donors (Lipinski definition) is 1. The molecule has 32 heavy (non-hydrogen) atoms. The highest BCUT2D eigenvalue weighted by molar-refractivity contribution is 6.06. The number of ether oxygens (including phenoxy) is 5. The number of carbonyl (C=O) groups is 2. The SMILES string of the molecule is CCOC(=O)C1(Cc2ccc(OC)c(OC)c2)C(=O)NCC1c1ccc(OC)c(OC)c1. The highest BCUT2D eigenvalue weighted by Crippen LogP contribution is 2.46. The first kappa shape index (κ1) is 23.2. The van der Waals surface area contributed by atoms with Crippen molar-refractivity contribution in [3.05, 3.63) is 47.5 Å². The third-order valence-corrected chi connectivity index (χ3v) is 5.85. The lowest BCUT2D eigenvalue weighted by Gasteiger charge is -2.31. The Hall–Kier alpha value is -3.42. The topological polar surface area (TPSA) is 92.3 Å². The summed E-state index contributed by atoms with van der Waals surface area (Å²) in [5, 5.41) is 2.87. The summed E-state index contributed by atoms with van der Waals surface area (Å²) in [7, 11) is 6.19. The summed E-state index contributed by atoms with van der Waals surface area (Å²) >= 11 is 0. The lowest BCUT2D eigenvalue weighted by molar-refractivity contribution is -0.160. The number of rotatable bonds is 9. The van der Waals surface area contributed by atoms with Gasteiger partial charge in [-0.15, -0.1) is 0 Å². The average Bonchev–Trinajstić information content (AvgIpc) is 3.15. The molecule has 1 N–H and O–H groups in total. The number of methoxy groups -OCH3 is 4. The molecule has 1 saturated heterocycles. The molecule has 0 aliphatic carbocycles. The normalized spacial score (nSPS) is 19.8. The van der Waals surface area contributed by atoms with Gasteiger partial charge in [0.05, 0.1) is 35.0 Å². The minimum atomic E-state index is -1.45. The van der Waals surface area contributed by atoms with Gasteiger partial charge < -0.3 is 29.0 Å². The smallest absolute Gasteiger partial charge is 0.322 e. The number of hydrogen-bond acceptors (Lipinski definition) is 7. The standard InChI is InChI=1S/C24H29NO7/c1-6-32-23(27)24(13-15-7-9-18(28-2)20(11-15)30-4)17(14-25-22(24)26)16-8-10-19(29-3)21(12-16)31-5/h7-12,17H,6,13-14H2,1-5H3,(H,25,26). The molecule has 2 aromatic rings. The summed E-state index contributed by atoms with van der Waals surface area (Å²) in [6.07, 6.45) is 0.136. The van der Waals surface area contributed by atoms with Gasteiger partial charge in [-0.1, -0.05) is 12.1 Å². The molecule has 8 heteroatoms. The maximum absolute atomic E-state index is 13.3. The van der Waals surface area contributed by atoms with E-state index in [1.165, 1.54) is 7.11 Å². The van der Waals surface area contributed by atoms with Crippen molar-refractivity contribution in [2.75, 3.05) is 41.6 Å². The fourth-order valence-corrected chi connectivity index (χ4v) is 4.24. The summed E-state index contributed by atoms with van der Waals surface area (Å²) in [6.45, 7) is 2.18. The van der Waals surface area contributed by atoms with E-state index in [-0.39, 0.29) is 18.9 Å². The van der Waals surface area contributed by atoms with E-state index in [0.717, 1.165) is 11.1 Å². The molecule has 1 amide bonds. The number of benzene rings is 2. The Labute approximate surface area is 187 Å². The van der Waals surface area contributed by atoms with Gasteiger partial charge in [-0.3, -0.25) is 9.59 Å². The summed E-state index contributed by atoms with van der Waals surface area (Å²) in [5.41, 5.74) is 0.0719. The maximum Gasteiger partial charge on any atom is 0.322 e. The minimum Gasteiger partial charge on any atom is -0.493 e. The van der Waals surface area contributed by atoms with Crippen LogP contribution in [-0.2, 0) is 20.7 Å². The van der Waals surface area contributed by atoms with Crippen LogP contribution in [0.2, 0.25) is 0 Å². The fraction of sp³-hybridized carbons (Fsp3) is 0.417. The molecule has 3 rings (SSSR count). The van der Waals surface area contributed by atoms with Crippen LogP contribution in [-0.4, -0.2) is 53.5 Å². The first-order chi connectivity index (χ1) is 15.4. The predicted molar refractivity (Wildman–Crippen MR) is 118 cm³/mol. The molecular weight excluding hydrogens is 414 g/mol. The molecule has 172 valence electrons. The third-order valence-electron chi connectivity index (χ3n) is 5.85. The van der Waals surface area contributed by atoms with Gasteiger partial charge in [-0.05, 0) is 48.7 Å². The molecule has 0 bridgehead atoms. The molecule has 2 aromatic carbocycles. The van der Waals surface area contributed by atoms with E-state index in [2.05, 4.69) is 5.32 Å². The Bertz CT molecular complexity index is 990. The Kier molecular flexibility index (Phi) is 7.12. The second-order valence-electron chi connectivity index (χ2n) is 7.43. The monoisotopic (exact) mass is 443 g/mol. The zero-order valence-electron chi connectivity index (χ0n) is 19.0. The Morgan fingerprint density at radius 1 is 0.938 bits per heavy atom. The molecule has 1 heterocycles. The van der Waals surface area contributed by atoms with E-state index in [0.29, 0.717) is 29.5 Å². The van der Waals surface area contributed by atoms with E-state index < -0.39 is 17.3 Å². The average molecular weight is 443 g/mol. The zero-order chi connectivity index (χ0) is 23.3. The number of nitrogens with one attached hydrogen (secondary N) is 1. The summed E-state index contributed by atoms with van der Waals surface area (Å²) in [5.74, 6) is 0.763. The van der Waals surface area contributed by atoms with E-state index in [1.807, 2.05) is 12.1 Å². The lowest BCUT2D eigenvalue weighted by Crippen LogP contribution is -2.45. The molecule has 0 spiro atoms. The Morgan fingerprint density at radius 3 is 2.12 bits per heavy atom. The van der Waals surface area contributed by atoms with Crippen molar-refractivity contribution in [2.45, 2.75) is 19.3 Å². The predicted octanol–water partition coefficient (Wildman–Crippen LogP) is 2.73. The molecule has 0 saturated carbocycles. The Morgan fingerprint density at radius 2 is 1.53 bits per heavy atom. The van der Waals surface area contributed by atoms with E-state index in [9.17, 15) is 9.59 Å². The van der Waals surface area contributed by atoms with Crippen LogP contribution >= 0.6 is 0 Å². The van der Waals surface area contributed by atoms with Crippen molar-refractivity contribution in [1.82, 2.24) is 5.32 Å². The summed E-state index contributed by atoms with van der Waals surface area (Å²) in [4.78, 5) is 26.6. The number of esters is 1. The van der Waals surface area contributed by atoms with Gasteiger partial charge in [0.2, 0.25) is 5.91 Å². The Balaban J connectivity index is 2.11. The second kappa shape index (κ2) is 9.80. The largest absolute Gasteiger partial charge is 0.493 e. The third kappa shape index (κ3) is 4.04. The number of carbonyl (C=O) groups excluding carboxylic acids is 2. The van der Waals surface area contributed by atoms with Crippen LogP contribution in [0.15, 0.2) is 36.4 Å². The van der Waals surface area contributed by atoms with Crippen molar-refractivity contribution in [2.24, 2.45) is 5.41 Å². The van der Waals surface area contributed by atoms with Crippen molar-refractivity contribution < 1.29 is 33.3 Å². The fourth-order valence-electron chi connectivity index (χ4n) is 4.24. The molecule has 0 radical (unpaired) electrons. The molecule has 1 fully saturated rings. The molecular formula is C24H29NO7. The molecule has 2 unspecified atom stereocenters. The van der Waals surface area contributed by atoms with Crippen molar-refractivity contribution in [3.63, 3.8) is 0 Å². The van der Waals surface area contributed by atoms with Gasteiger partial charge in [0.25, 0.3) is 0 Å². The second-order valence-corrected chi connectivity index (χ2v) is 7.43. The van der Waals surface area contributed by atoms with Crippen LogP contribution in [0.5, 0.6) is 23.0 Å². The first-order valence-electron chi connectivity index (χ1n) is 10.3. The van der Waals surface area contributed by atoms with Gasteiger partial charge in [-0.2, -0.15) is 0 Å². The van der Waals surface area contributed by atoms with Gasteiger partial charge in [-0.25, -0.2) is 0 Å². The highest BCUT2D eigenvalue weighted by atomic mass is 16.5. The quantitative estimate of drug-likeness (QED) is 0.471. The minimum absolute atomic E-state index is 0.136. The van der Waals surface area contributed by atoms with Crippen molar-refractivity contribution >= 4 is 11.9 Å². The van der Waals surface area contributed by atoms with E-state index in [1.54, 1.807) is 52.5 Å². The first-order valence-corrected chi connectivity index (χ1v) is 10.3. The van der Waals surface area contributed by atoms with Crippen LogP contribution in [0.1, 0.15) is 24.0 Å². The van der Waals surface area contributed by atoms with Crippen LogP contribution in [0.25, 0.3) is 0 Å². The van der Waals surface area contributed by atoms with Crippen LogP contribution in [0.4, 0.5) is 0 Å². The molecule has 0 aromatic heterocycles. The highest BCUT2D eigenvalue weighted by Gasteiger charge is 2.58. The maximum atomic E-state index is 13.3.